The largest absolute Gasteiger partial charge is 0.497 e. The van der Waals surface area contributed by atoms with Crippen molar-refractivity contribution in [2.45, 2.75) is 18.6 Å². The highest BCUT2D eigenvalue weighted by molar-refractivity contribution is 6.31. The van der Waals surface area contributed by atoms with E-state index in [2.05, 4.69) is 15.3 Å². The second-order valence-corrected chi connectivity index (χ2v) is 9.04. The summed E-state index contributed by atoms with van der Waals surface area (Å²) in [4.78, 5) is 24.8. The normalized spacial score (nSPS) is 17.7. The smallest absolute Gasteiger partial charge is 0.237 e. The summed E-state index contributed by atoms with van der Waals surface area (Å²) in [6, 6.07) is 7.44. The molecule has 2 N–H and O–H groups in total. The summed E-state index contributed by atoms with van der Waals surface area (Å²) >= 11 is 5.93. The lowest BCUT2D eigenvalue weighted by molar-refractivity contribution is -0.133. The van der Waals surface area contributed by atoms with E-state index in [0.29, 0.717) is 40.3 Å². The van der Waals surface area contributed by atoms with Gasteiger partial charge in [-0.3, -0.25) is 4.79 Å². The summed E-state index contributed by atoms with van der Waals surface area (Å²) in [6.07, 6.45) is 1.20. The van der Waals surface area contributed by atoms with Crippen LogP contribution < -0.4 is 14.8 Å². The number of likely N-dealkylation sites (tertiary alicyclic amines) is 1. The van der Waals surface area contributed by atoms with Gasteiger partial charge in [0.05, 0.1) is 41.7 Å². The van der Waals surface area contributed by atoms with Crippen LogP contribution in [0.25, 0.3) is 10.9 Å². The Bertz CT molecular complexity index is 1230. The van der Waals surface area contributed by atoms with Crippen LogP contribution in [0.5, 0.6) is 11.5 Å². The number of rotatable bonds is 8. The number of carbonyl (C=O) groups excluding carboxylic acids is 1. The van der Waals surface area contributed by atoms with E-state index in [1.807, 2.05) is 14.1 Å². The molecule has 0 saturated carbocycles. The highest BCUT2D eigenvalue weighted by atomic mass is 35.5. The molecule has 1 aliphatic heterocycles. The van der Waals surface area contributed by atoms with E-state index >= 15 is 0 Å². The van der Waals surface area contributed by atoms with E-state index in [-0.39, 0.29) is 36.7 Å². The molecule has 9 nitrogen and oxygen atoms in total. The van der Waals surface area contributed by atoms with Crippen LogP contribution in [0.4, 0.5) is 15.9 Å². The molecule has 1 saturated heterocycles. The number of hydrogen-bond acceptors (Lipinski definition) is 8. The lowest BCUT2D eigenvalue weighted by Gasteiger charge is -2.26. The van der Waals surface area contributed by atoms with Crippen molar-refractivity contribution in [1.82, 2.24) is 19.8 Å². The molecule has 1 fully saturated rings. The molecule has 3 aromatic rings. The van der Waals surface area contributed by atoms with Gasteiger partial charge in [0.1, 0.15) is 36.1 Å². The van der Waals surface area contributed by atoms with Crippen LogP contribution in [0.2, 0.25) is 5.02 Å². The lowest BCUT2D eigenvalue weighted by atomic mass is 10.1. The van der Waals surface area contributed by atoms with E-state index in [1.54, 1.807) is 35.1 Å². The monoisotopic (exact) mass is 503 g/mol. The first-order chi connectivity index (χ1) is 16.7. The number of likely N-dealkylation sites (N-methyl/N-ethyl adjacent to an activating group) is 1. The number of amides is 1. The molecule has 11 heteroatoms. The van der Waals surface area contributed by atoms with Gasteiger partial charge in [-0.25, -0.2) is 14.4 Å². The van der Waals surface area contributed by atoms with E-state index < -0.39 is 11.9 Å². The fourth-order valence-corrected chi connectivity index (χ4v) is 4.25. The Balaban J connectivity index is 1.64. The Morgan fingerprint density at radius 3 is 2.83 bits per heavy atom. The molecule has 35 heavy (non-hydrogen) atoms. The van der Waals surface area contributed by atoms with Gasteiger partial charge in [0.15, 0.2) is 0 Å². The molecular weight excluding hydrogens is 477 g/mol. The van der Waals surface area contributed by atoms with Crippen LogP contribution >= 0.6 is 11.6 Å². The maximum absolute atomic E-state index is 13.6. The predicted octanol–water partition coefficient (Wildman–Crippen LogP) is 3.08. The third kappa shape index (κ3) is 5.72. The van der Waals surface area contributed by atoms with Gasteiger partial charge in [0, 0.05) is 24.4 Å². The van der Waals surface area contributed by atoms with Crippen LogP contribution in [0.15, 0.2) is 36.7 Å². The molecule has 1 amide bonds. The number of hydrogen-bond donors (Lipinski definition) is 2. The molecule has 0 radical (unpaired) electrons. The predicted molar refractivity (Wildman–Crippen MR) is 131 cm³/mol. The lowest BCUT2D eigenvalue weighted by Crippen LogP contribution is -2.43. The topological polar surface area (TPSA) is 100 Å². The number of nitrogens with zero attached hydrogens (tertiary/aromatic N) is 4. The van der Waals surface area contributed by atoms with Gasteiger partial charge < -0.3 is 29.7 Å². The molecular formula is C24H27ClFN5O4. The number of benzene rings is 2. The second kappa shape index (κ2) is 10.6. The number of methoxy groups -OCH3 is 1. The zero-order chi connectivity index (χ0) is 25.1. The minimum absolute atomic E-state index is 0.0196. The summed E-state index contributed by atoms with van der Waals surface area (Å²) in [5, 5.41) is 13.9. The number of ether oxygens (including phenoxy) is 2. The summed E-state index contributed by atoms with van der Waals surface area (Å²) in [6.45, 7) is 0.670. The van der Waals surface area contributed by atoms with E-state index in [1.165, 1.54) is 18.5 Å². The number of aromatic nitrogens is 2. The minimum Gasteiger partial charge on any atom is -0.497 e. The Kier molecular flexibility index (Phi) is 7.54. The van der Waals surface area contributed by atoms with Crippen molar-refractivity contribution in [2.75, 3.05) is 46.2 Å². The molecule has 1 aromatic heterocycles. The fraction of sp³-hybridized carbons (Fsp3) is 0.375. The Labute approximate surface area is 207 Å². The fourth-order valence-electron chi connectivity index (χ4n) is 4.07. The molecule has 0 aliphatic carbocycles. The SMILES string of the molecule is COc1cc(OC[C@@H]2C[C@H](O)CN2C(=O)CN(C)C)c2c(Nc3ccc(F)c(Cl)c3)ncnc2c1. The summed E-state index contributed by atoms with van der Waals surface area (Å²) in [5.41, 5.74) is 1.11. The Hall–Kier alpha value is -3.21. The van der Waals surface area contributed by atoms with Crippen LogP contribution in [-0.4, -0.2) is 83.8 Å². The number of aliphatic hydroxyl groups excluding tert-OH is 1. The van der Waals surface area contributed by atoms with Crippen LogP contribution in [-0.2, 0) is 4.79 Å². The van der Waals surface area contributed by atoms with Gasteiger partial charge in [-0.1, -0.05) is 11.6 Å². The number of β-amino-alcohol motifs (C(OH)–C–C–N with tert-alkyl or cyclic N) is 1. The summed E-state index contributed by atoms with van der Waals surface area (Å²) < 4.78 is 25.2. The maximum atomic E-state index is 13.6. The molecule has 0 unspecified atom stereocenters. The first-order valence-corrected chi connectivity index (χ1v) is 11.4. The van der Waals surface area contributed by atoms with Gasteiger partial charge >= 0.3 is 0 Å². The summed E-state index contributed by atoms with van der Waals surface area (Å²) in [7, 11) is 5.18. The molecule has 2 atom stereocenters. The number of anilines is 2. The number of fused-ring (bicyclic) bond motifs is 1. The van der Waals surface area contributed by atoms with Gasteiger partial charge in [-0.2, -0.15) is 0 Å². The molecule has 2 aromatic carbocycles. The maximum Gasteiger partial charge on any atom is 0.237 e. The Morgan fingerprint density at radius 1 is 1.31 bits per heavy atom. The Morgan fingerprint density at radius 2 is 2.11 bits per heavy atom. The van der Waals surface area contributed by atoms with Crippen molar-refractivity contribution in [3.63, 3.8) is 0 Å². The number of carbonyl (C=O) groups is 1. The van der Waals surface area contributed by atoms with Crippen LogP contribution in [0.1, 0.15) is 6.42 Å². The highest BCUT2D eigenvalue weighted by Crippen LogP contribution is 2.36. The van der Waals surface area contributed by atoms with E-state index in [9.17, 15) is 14.3 Å². The third-order valence-electron chi connectivity index (χ3n) is 5.69. The minimum atomic E-state index is -0.611. The standard InChI is InChI=1S/C24H27ClFN5O4/c1-30(2)11-22(33)31-10-16(32)7-15(31)12-35-21-9-17(34-3)8-20-23(21)24(28-13-27-20)29-14-4-5-19(26)18(25)6-14/h4-6,8-9,13,15-16,32H,7,10-12H2,1-3H3,(H,27,28,29)/t15-,16-/m0/s1. The highest BCUT2D eigenvalue weighted by Gasteiger charge is 2.35. The number of halogens is 2. The van der Waals surface area contributed by atoms with Crippen molar-refractivity contribution in [2.24, 2.45) is 0 Å². The average Bonchev–Trinajstić information content (AvgIpc) is 3.20. The van der Waals surface area contributed by atoms with Crippen LogP contribution in [0.3, 0.4) is 0 Å². The van der Waals surface area contributed by atoms with Gasteiger partial charge in [-0.05, 0) is 38.7 Å². The van der Waals surface area contributed by atoms with Crippen LogP contribution in [0, 0.1) is 5.82 Å². The van der Waals surface area contributed by atoms with Crippen molar-refractivity contribution in [3.05, 3.63) is 47.5 Å². The first-order valence-electron chi connectivity index (χ1n) is 11.0. The molecule has 0 spiro atoms. The molecule has 0 bridgehead atoms. The molecule has 4 rings (SSSR count). The zero-order valence-electron chi connectivity index (χ0n) is 19.7. The van der Waals surface area contributed by atoms with E-state index in [0.717, 1.165) is 0 Å². The average molecular weight is 504 g/mol. The number of aliphatic hydroxyl groups is 1. The van der Waals surface area contributed by atoms with Crippen molar-refractivity contribution < 1.29 is 23.8 Å². The van der Waals surface area contributed by atoms with Crippen molar-refractivity contribution in [1.29, 1.82) is 0 Å². The first kappa shape index (κ1) is 24.9. The van der Waals surface area contributed by atoms with Crippen molar-refractivity contribution >= 4 is 39.9 Å². The van der Waals surface area contributed by atoms with E-state index in [4.69, 9.17) is 21.1 Å². The van der Waals surface area contributed by atoms with Gasteiger partial charge in [0.25, 0.3) is 0 Å². The number of nitrogens with one attached hydrogen (secondary N) is 1. The van der Waals surface area contributed by atoms with Crippen molar-refractivity contribution in [3.8, 4) is 11.5 Å². The third-order valence-corrected chi connectivity index (χ3v) is 5.98. The van der Waals surface area contributed by atoms with Gasteiger partial charge in [-0.15, -0.1) is 0 Å². The second-order valence-electron chi connectivity index (χ2n) is 8.63. The molecule has 1 aliphatic rings. The zero-order valence-corrected chi connectivity index (χ0v) is 20.4. The molecule has 186 valence electrons. The summed E-state index contributed by atoms with van der Waals surface area (Å²) in [5.74, 6) is 0.813. The van der Waals surface area contributed by atoms with Gasteiger partial charge in [0.2, 0.25) is 5.91 Å². The quantitative estimate of drug-likeness (QED) is 0.484. The molecule has 2 heterocycles.